The average molecular weight is 507 g/mol. The van der Waals surface area contributed by atoms with Gasteiger partial charge in [-0.3, -0.25) is 0 Å². The Bertz CT molecular complexity index is 1420. The van der Waals surface area contributed by atoms with Crippen molar-refractivity contribution in [3.63, 3.8) is 0 Å². The van der Waals surface area contributed by atoms with Crippen molar-refractivity contribution in [1.82, 2.24) is 19.9 Å². The van der Waals surface area contributed by atoms with Gasteiger partial charge < -0.3 is 20.5 Å². The van der Waals surface area contributed by atoms with E-state index in [1.807, 2.05) is 25.2 Å². The zero-order valence-corrected chi connectivity index (χ0v) is 18.8. The van der Waals surface area contributed by atoms with Gasteiger partial charge in [0.2, 0.25) is 11.8 Å². The van der Waals surface area contributed by atoms with Gasteiger partial charge in [0.25, 0.3) is 0 Å². The molecule has 35 heavy (non-hydrogen) atoms. The van der Waals surface area contributed by atoms with Crippen molar-refractivity contribution in [3.8, 4) is 0 Å². The Hall–Kier alpha value is -4.07. The normalized spacial score (nSPS) is 12.7. The molecule has 0 unspecified atom stereocenters. The van der Waals surface area contributed by atoms with Crippen LogP contribution >= 0.6 is 0 Å². The second-order valence-electron chi connectivity index (χ2n) is 7.54. The lowest BCUT2D eigenvalue weighted by atomic mass is 10.1. The molecule has 0 radical (unpaired) electrons. The molecule has 0 bridgehead atoms. The number of nitrogens with one attached hydrogen (secondary N) is 3. The Morgan fingerprint density at radius 2 is 1.77 bits per heavy atom. The fourth-order valence-electron chi connectivity index (χ4n) is 3.65. The molecule has 2 aromatic heterocycles. The molecule has 0 saturated carbocycles. The molecule has 0 saturated heterocycles. The maximum Gasteiger partial charge on any atom is 0.449 e. The molecule has 0 aliphatic carbocycles. The molecule has 2 aromatic carbocycles. The second kappa shape index (κ2) is 9.66. The predicted octanol–water partition coefficient (Wildman–Crippen LogP) is 4.32. The SMILES string of the molecule is CN1CCc2cc(Nc3nc(Nc4ccc5nc(C(F)(F)F)[nH]c5c4)ncc3F)ccc21.O=S=O. The van der Waals surface area contributed by atoms with Crippen LogP contribution in [-0.2, 0) is 24.2 Å². The van der Waals surface area contributed by atoms with Gasteiger partial charge in [0.15, 0.2) is 11.6 Å². The number of likely N-dealkylation sites (N-methyl/N-ethyl adjacent to an activating group) is 1. The third kappa shape index (κ3) is 5.37. The summed E-state index contributed by atoms with van der Waals surface area (Å²) in [7, 11) is 2.02. The largest absolute Gasteiger partial charge is 0.449 e. The van der Waals surface area contributed by atoms with E-state index in [1.165, 1.54) is 12.1 Å². The van der Waals surface area contributed by atoms with Crippen LogP contribution in [0.4, 0.5) is 46.4 Å². The number of hydrogen-bond donors (Lipinski definition) is 3. The van der Waals surface area contributed by atoms with Crippen molar-refractivity contribution < 1.29 is 26.0 Å². The first-order valence-corrected chi connectivity index (χ1v) is 10.7. The fraction of sp³-hybridized carbons (Fsp3) is 0.190. The first-order chi connectivity index (χ1) is 16.7. The van der Waals surface area contributed by atoms with Crippen LogP contribution in [0.25, 0.3) is 11.0 Å². The topological polar surface area (TPSA) is 116 Å². The zero-order valence-electron chi connectivity index (χ0n) is 18.0. The number of nitrogens with zero attached hydrogens (tertiary/aromatic N) is 4. The highest BCUT2D eigenvalue weighted by molar-refractivity contribution is 7.51. The Balaban J connectivity index is 0.000000917. The van der Waals surface area contributed by atoms with E-state index in [2.05, 4.69) is 35.5 Å². The summed E-state index contributed by atoms with van der Waals surface area (Å²) in [6.07, 6.45) is -2.64. The number of imidazole rings is 1. The molecule has 1 aliphatic rings. The molecule has 9 nitrogen and oxygen atoms in total. The van der Waals surface area contributed by atoms with Crippen LogP contribution in [0, 0.1) is 5.82 Å². The van der Waals surface area contributed by atoms with Gasteiger partial charge in [-0.1, -0.05) is 0 Å². The van der Waals surface area contributed by atoms with Gasteiger partial charge >= 0.3 is 17.7 Å². The van der Waals surface area contributed by atoms with Crippen LogP contribution in [0.15, 0.2) is 42.6 Å². The standard InChI is InChI=1S/C21H17F4N7.O2S/c1-32-7-6-11-8-12(3-5-17(11)32)27-18-14(22)10-26-20(31-18)28-13-2-4-15-16(9-13)30-19(29-15)21(23,24)25;1-3-2/h2-5,8-10H,6-7H2,1H3,(H,29,30)(H2,26,27,28,31);. The Morgan fingerprint density at radius 1 is 1.06 bits per heavy atom. The highest BCUT2D eigenvalue weighted by Crippen LogP contribution is 2.31. The Kier molecular flexibility index (Phi) is 6.64. The van der Waals surface area contributed by atoms with Crippen molar-refractivity contribution in [2.24, 2.45) is 0 Å². The molecule has 3 N–H and O–H groups in total. The van der Waals surface area contributed by atoms with Crippen LogP contribution in [-0.4, -0.2) is 41.9 Å². The number of hydrogen-bond acceptors (Lipinski definition) is 8. The van der Waals surface area contributed by atoms with Crippen molar-refractivity contribution >= 4 is 51.4 Å². The van der Waals surface area contributed by atoms with Gasteiger partial charge in [-0.25, -0.2) is 14.4 Å². The molecule has 0 atom stereocenters. The minimum Gasteiger partial charge on any atom is -0.374 e. The summed E-state index contributed by atoms with van der Waals surface area (Å²) >= 11 is -0.750. The first-order valence-electron chi connectivity index (χ1n) is 10.1. The molecule has 1 aliphatic heterocycles. The maximum atomic E-state index is 14.3. The van der Waals surface area contributed by atoms with Gasteiger partial charge in [-0.2, -0.15) is 26.6 Å². The summed E-state index contributed by atoms with van der Waals surface area (Å²) in [6, 6.07) is 10.2. The number of halogens is 4. The van der Waals surface area contributed by atoms with Gasteiger partial charge in [0, 0.05) is 30.7 Å². The van der Waals surface area contributed by atoms with Crippen LogP contribution < -0.4 is 15.5 Å². The number of aromatic amines is 1. The molecule has 14 heteroatoms. The minimum absolute atomic E-state index is 0.0178. The fourth-order valence-corrected chi connectivity index (χ4v) is 3.65. The number of alkyl halides is 3. The highest BCUT2D eigenvalue weighted by Gasteiger charge is 2.34. The van der Waals surface area contributed by atoms with Gasteiger partial charge in [-0.05, 0) is 48.4 Å². The molecule has 3 heterocycles. The second-order valence-corrected chi connectivity index (χ2v) is 7.67. The van der Waals surface area contributed by atoms with E-state index < -0.39 is 29.4 Å². The lowest BCUT2D eigenvalue weighted by molar-refractivity contribution is -0.144. The molecule has 5 rings (SSSR count). The number of benzene rings is 2. The van der Waals surface area contributed by atoms with Crippen molar-refractivity contribution in [3.05, 3.63) is 59.8 Å². The number of aromatic nitrogens is 4. The van der Waals surface area contributed by atoms with E-state index in [9.17, 15) is 17.6 Å². The third-order valence-corrected chi connectivity index (χ3v) is 5.22. The summed E-state index contributed by atoms with van der Waals surface area (Å²) in [6.45, 7) is 0.930. The first kappa shape index (κ1) is 24.1. The van der Waals surface area contributed by atoms with Crippen molar-refractivity contribution in [2.45, 2.75) is 12.6 Å². The smallest absolute Gasteiger partial charge is 0.374 e. The number of H-pyrrole nitrogens is 1. The molecule has 0 amide bonds. The molecule has 0 spiro atoms. The van der Waals surface area contributed by atoms with Crippen LogP contribution in [0.1, 0.15) is 11.4 Å². The maximum absolute atomic E-state index is 14.3. The molecule has 4 aromatic rings. The molecular weight excluding hydrogens is 490 g/mol. The van der Waals surface area contributed by atoms with Crippen LogP contribution in [0.3, 0.4) is 0 Å². The van der Waals surface area contributed by atoms with E-state index in [-0.39, 0.29) is 22.8 Å². The summed E-state index contributed by atoms with van der Waals surface area (Å²) < 4.78 is 69.5. The lowest BCUT2D eigenvalue weighted by Crippen LogP contribution is -2.12. The monoisotopic (exact) mass is 507 g/mol. The quantitative estimate of drug-likeness (QED) is 0.350. The van der Waals surface area contributed by atoms with Crippen LogP contribution in [0.5, 0.6) is 0 Å². The van der Waals surface area contributed by atoms with Crippen molar-refractivity contribution in [1.29, 1.82) is 0 Å². The summed E-state index contributed by atoms with van der Waals surface area (Å²) in [5.41, 5.74) is 3.80. The van der Waals surface area contributed by atoms with Crippen molar-refractivity contribution in [2.75, 3.05) is 29.1 Å². The Labute approximate surface area is 199 Å². The van der Waals surface area contributed by atoms with Gasteiger partial charge in [-0.15, -0.1) is 0 Å². The van der Waals surface area contributed by atoms with E-state index in [1.54, 1.807) is 6.07 Å². The van der Waals surface area contributed by atoms with E-state index >= 15 is 0 Å². The van der Waals surface area contributed by atoms with Gasteiger partial charge in [0.05, 0.1) is 17.2 Å². The number of fused-ring (bicyclic) bond motifs is 2. The lowest BCUT2D eigenvalue weighted by Gasteiger charge is -2.13. The van der Waals surface area contributed by atoms with Gasteiger partial charge in [0.1, 0.15) is 0 Å². The highest BCUT2D eigenvalue weighted by atomic mass is 32.1. The molecule has 0 fully saturated rings. The zero-order chi connectivity index (χ0) is 25.2. The molecule has 182 valence electrons. The Morgan fingerprint density at radius 3 is 2.51 bits per heavy atom. The van der Waals surface area contributed by atoms with Crippen LogP contribution in [0.2, 0.25) is 0 Å². The van der Waals surface area contributed by atoms with E-state index in [0.717, 1.165) is 30.4 Å². The summed E-state index contributed by atoms with van der Waals surface area (Å²) in [5.74, 6) is -1.64. The number of anilines is 5. The average Bonchev–Trinajstić information content (AvgIpc) is 3.40. The molecular formula is C21H17F4N7O2S. The third-order valence-electron chi connectivity index (χ3n) is 5.22. The predicted molar refractivity (Wildman–Crippen MR) is 122 cm³/mol. The van der Waals surface area contributed by atoms with E-state index in [0.29, 0.717) is 11.4 Å². The number of rotatable bonds is 4. The minimum atomic E-state index is -4.57. The summed E-state index contributed by atoms with van der Waals surface area (Å²) in [5, 5.41) is 5.85. The summed E-state index contributed by atoms with van der Waals surface area (Å²) in [4.78, 5) is 16.0. The van der Waals surface area contributed by atoms with E-state index in [4.69, 9.17) is 8.42 Å².